The highest BCUT2D eigenvalue weighted by atomic mass is 35.5. The molecule has 0 unspecified atom stereocenters. The van der Waals surface area contributed by atoms with Crippen LogP contribution in [0.4, 0.5) is 5.82 Å². The molecule has 0 saturated heterocycles. The van der Waals surface area contributed by atoms with Crippen LogP contribution in [0.3, 0.4) is 0 Å². The number of hydrogen-bond acceptors (Lipinski definition) is 5. The van der Waals surface area contributed by atoms with E-state index in [0.29, 0.717) is 10.8 Å². The predicted octanol–water partition coefficient (Wildman–Crippen LogP) is 4.20. The molecule has 0 fully saturated rings. The summed E-state index contributed by atoms with van der Waals surface area (Å²) in [6, 6.07) is 11.5. The zero-order valence-corrected chi connectivity index (χ0v) is 19.9. The smallest absolute Gasteiger partial charge is 0.321 e. The number of halogens is 1. The molecule has 7 nitrogen and oxygen atoms in total. The molecule has 3 rings (SSSR count). The zero-order valence-electron chi connectivity index (χ0n) is 18.3. The van der Waals surface area contributed by atoms with E-state index in [2.05, 4.69) is 0 Å². The van der Waals surface area contributed by atoms with E-state index in [1.54, 1.807) is 24.0 Å². The number of benzene rings is 2. The number of esters is 1. The number of sulfone groups is 1. The Morgan fingerprint density at radius 3 is 2.47 bits per heavy atom. The lowest BCUT2D eigenvalue weighted by Crippen LogP contribution is -2.27. The molecule has 9 heteroatoms. The van der Waals surface area contributed by atoms with Gasteiger partial charge in [-0.2, -0.15) is 0 Å². The van der Waals surface area contributed by atoms with Crippen LogP contribution in [0.5, 0.6) is 0 Å². The van der Waals surface area contributed by atoms with E-state index in [1.807, 2.05) is 43.7 Å². The van der Waals surface area contributed by atoms with Crippen LogP contribution in [0.25, 0.3) is 10.9 Å². The van der Waals surface area contributed by atoms with Gasteiger partial charge < -0.3 is 9.30 Å². The molecule has 0 aliphatic heterocycles. The van der Waals surface area contributed by atoms with Gasteiger partial charge in [0.1, 0.15) is 5.82 Å². The van der Waals surface area contributed by atoms with Gasteiger partial charge in [0.2, 0.25) is 6.41 Å². The second kappa shape index (κ2) is 9.34. The molecule has 0 radical (unpaired) electrons. The lowest BCUT2D eigenvalue weighted by atomic mass is 10.1. The molecule has 170 valence electrons. The topological polar surface area (TPSA) is 85.7 Å². The quantitative estimate of drug-likeness (QED) is 0.359. The first-order valence-corrected chi connectivity index (χ1v) is 12.1. The number of hydrogen-bond donors (Lipinski definition) is 0. The van der Waals surface area contributed by atoms with Crippen LogP contribution in [0.1, 0.15) is 31.0 Å². The lowest BCUT2D eigenvalue weighted by Gasteiger charge is -2.26. The van der Waals surface area contributed by atoms with Crippen LogP contribution in [-0.2, 0) is 31.2 Å². The third-order valence-electron chi connectivity index (χ3n) is 5.36. The van der Waals surface area contributed by atoms with Crippen LogP contribution in [-0.4, -0.2) is 37.7 Å². The van der Waals surface area contributed by atoms with Crippen molar-refractivity contribution in [3.63, 3.8) is 0 Å². The summed E-state index contributed by atoms with van der Waals surface area (Å²) >= 11 is 6.40. The van der Waals surface area contributed by atoms with Crippen LogP contribution in [0.15, 0.2) is 47.4 Å². The molecule has 0 aliphatic rings. The maximum Gasteiger partial charge on any atom is 0.321 e. The molecule has 0 aliphatic carbocycles. The number of rotatable bonds is 8. The summed E-state index contributed by atoms with van der Waals surface area (Å²) < 4.78 is 31.5. The molecule has 1 aromatic heterocycles. The Kier molecular flexibility index (Phi) is 6.95. The van der Waals surface area contributed by atoms with Crippen molar-refractivity contribution in [2.75, 3.05) is 17.3 Å². The van der Waals surface area contributed by atoms with Crippen molar-refractivity contribution in [3.8, 4) is 0 Å². The Bertz CT molecular complexity index is 1270. The van der Waals surface area contributed by atoms with Crippen molar-refractivity contribution < 1.29 is 22.7 Å². The summed E-state index contributed by atoms with van der Waals surface area (Å²) in [7, 11) is -1.95. The number of carbonyl (C=O) groups is 2. The SMILES string of the molecule is CCOC(=O)CS(=O)(=O)c1ccc([C@@H](C)N(C=O)c2cc3c(Cl)cc(C)cc3n2C)cc1. The first-order chi connectivity index (χ1) is 15.1. The second-order valence-corrected chi connectivity index (χ2v) is 9.96. The summed E-state index contributed by atoms with van der Waals surface area (Å²) in [4.78, 5) is 25.2. The van der Waals surface area contributed by atoms with Gasteiger partial charge in [0.05, 0.1) is 28.1 Å². The Morgan fingerprint density at radius 2 is 1.88 bits per heavy atom. The fourth-order valence-corrected chi connectivity index (χ4v) is 5.09. The van der Waals surface area contributed by atoms with Gasteiger partial charge in [0, 0.05) is 12.4 Å². The monoisotopic (exact) mass is 476 g/mol. The van der Waals surface area contributed by atoms with E-state index in [-0.39, 0.29) is 17.5 Å². The van der Waals surface area contributed by atoms with E-state index in [9.17, 15) is 18.0 Å². The number of aryl methyl sites for hydroxylation is 2. The number of amides is 1. The van der Waals surface area contributed by atoms with Crippen LogP contribution in [0.2, 0.25) is 5.02 Å². The average Bonchev–Trinajstić information content (AvgIpc) is 3.05. The van der Waals surface area contributed by atoms with E-state index in [4.69, 9.17) is 16.3 Å². The van der Waals surface area contributed by atoms with Gasteiger partial charge in [-0.25, -0.2) is 8.42 Å². The molecule has 0 bridgehead atoms. The molecular formula is C23H25ClN2O5S. The van der Waals surface area contributed by atoms with Gasteiger partial charge in [-0.05, 0) is 62.2 Å². The molecule has 0 spiro atoms. The van der Waals surface area contributed by atoms with Gasteiger partial charge in [0.25, 0.3) is 0 Å². The highest BCUT2D eigenvalue weighted by molar-refractivity contribution is 7.92. The van der Waals surface area contributed by atoms with Crippen molar-refractivity contribution in [1.82, 2.24) is 4.57 Å². The second-order valence-electron chi connectivity index (χ2n) is 7.56. The Morgan fingerprint density at radius 1 is 1.22 bits per heavy atom. The van der Waals surface area contributed by atoms with E-state index < -0.39 is 21.6 Å². The van der Waals surface area contributed by atoms with E-state index >= 15 is 0 Å². The Hall–Kier alpha value is -2.84. The fourth-order valence-electron chi connectivity index (χ4n) is 3.65. The molecule has 32 heavy (non-hydrogen) atoms. The number of anilines is 1. The molecule has 2 aromatic carbocycles. The Labute approximate surface area is 192 Å². The third-order valence-corrected chi connectivity index (χ3v) is 7.28. The van der Waals surface area contributed by atoms with Crippen molar-refractivity contribution in [1.29, 1.82) is 0 Å². The zero-order chi connectivity index (χ0) is 23.6. The fraction of sp³-hybridized carbons (Fsp3) is 0.304. The Balaban J connectivity index is 1.91. The molecular weight excluding hydrogens is 452 g/mol. The number of ether oxygens (including phenoxy) is 1. The summed E-state index contributed by atoms with van der Waals surface area (Å²) in [6.45, 7) is 5.53. The standard InChI is InChI=1S/C23H25ClN2O5S/c1-5-31-23(28)13-32(29,30)18-8-6-17(7-9-18)16(3)26(14-27)22-12-19-20(24)10-15(2)11-21(19)25(22)4/h6-12,14,16H,5,13H2,1-4H3/t16-/m1/s1. The molecule has 3 aromatic rings. The highest BCUT2D eigenvalue weighted by Crippen LogP contribution is 2.34. The lowest BCUT2D eigenvalue weighted by molar-refractivity contribution is -0.139. The van der Waals surface area contributed by atoms with Gasteiger partial charge in [-0.3, -0.25) is 14.5 Å². The predicted molar refractivity (Wildman–Crippen MR) is 125 cm³/mol. The third kappa shape index (κ3) is 4.66. The first kappa shape index (κ1) is 23.8. The van der Waals surface area contributed by atoms with Crippen LogP contribution >= 0.6 is 11.6 Å². The number of carbonyl (C=O) groups excluding carboxylic acids is 2. The molecule has 1 atom stereocenters. The number of aromatic nitrogens is 1. The van der Waals surface area contributed by atoms with Gasteiger partial charge >= 0.3 is 5.97 Å². The summed E-state index contributed by atoms with van der Waals surface area (Å²) in [6.07, 6.45) is 0.741. The summed E-state index contributed by atoms with van der Waals surface area (Å²) in [5.41, 5.74) is 2.66. The summed E-state index contributed by atoms with van der Waals surface area (Å²) in [5.74, 6) is -0.845. The van der Waals surface area contributed by atoms with Crippen molar-refractivity contribution >= 4 is 50.5 Å². The molecule has 0 saturated carbocycles. The molecule has 0 N–H and O–H groups in total. The summed E-state index contributed by atoms with van der Waals surface area (Å²) in [5, 5.41) is 1.45. The minimum Gasteiger partial charge on any atom is -0.465 e. The van der Waals surface area contributed by atoms with Crippen LogP contribution < -0.4 is 4.90 Å². The number of nitrogens with zero attached hydrogens (tertiary/aromatic N) is 2. The number of fused-ring (bicyclic) bond motifs is 1. The highest BCUT2D eigenvalue weighted by Gasteiger charge is 2.23. The minimum absolute atomic E-state index is 0.0195. The molecule has 1 heterocycles. The van der Waals surface area contributed by atoms with Crippen molar-refractivity contribution in [3.05, 3.63) is 58.6 Å². The normalized spacial score (nSPS) is 12.5. The average molecular weight is 477 g/mol. The van der Waals surface area contributed by atoms with Gasteiger partial charge in [-0.1, -0.05) is 23.7 Å². The van der Waals surface area contributed by atoms with E-state index in [0.717, 1.165) is 28.4 Å². The molecule has 1 amide bonds. The van der Waals surface area contributed by atoms with Gasteiger partial charge in [0.15, 0.2) is 15.6 Å². The largest absolute Gasteiger partial charge is 0.465 e. The van der Waals surface area contributed by atoms with E-state index in [1.165, 1.54) is 12.1 Å². The van der Waals surface area contributed by atoms with Crippen LogP contribution in [0, 0.1) is 6.92 Å². The first-order valence-electron chi connectivity index (χ1n) is 10.1. The minimum atomic E-state index is -3.81. The van der Waals surface area contributed by atoms with Crippen molar-refractivity contribution in [2.45, 2.75) is 31.7 Å². The maximum atomic E-state index is 12.4. The van der Waals surface area contributed by atoms with Crippen molar-refractivity contribution in [2.24, 2.45) is 7.05 Å². The maximum absolute atomic E-state index is 12.4. The van der Waals surface area contributed by atoms with Gasteiger partial charge in [-0.15, -0.1) is 0 Å².